The van der Waals surface area contributed by atoms with E-state index in [9.17, 15) is 4.79 Å². The third kappa shape index (κ3) is 3.47. The van der Waals surface area contributed by atoms with Crippen LogP contribution in [-0.2, 0) is 4.79 Å². The van der Waals surface area contributed by atoms with Gasteiger partial charge in [0.15, 0.2) is 0 Å². The van der Waals surface area contributed by atoms with Crippen molar-refractivity contribution in [3.63, 3.8) is 0 Å². The molecule has 1 aliphatic rings. The van der Waals surface area contributed by atoms with Crippen molar-refractivity contribution in [1.82, 2.24) is 4.90 Å². The number of rotatable bonds is 6. The highest BCUT2D eigenvalue weighted by Crippen LogP contribution is 2.34. The van der Waals surface area contributed by atoms with Crippen LogP contribution in [0.5, 0.6) is 5.75 Å². The Labute approximate surface area is 114 Å². The zero-order valence-electron chi connectivity index (χ0n) is 11.3. The summed E-state index contributed by atoms with van der Waals surface area (Å²) in [5.41, 5.74) is 0.994. The molecule has 19 heavy (non-hydrogen) atoms. The molecular weight excluding hydrogens is 242 g/mol. The molecule has 1 aromatic carbocycles. The molecule has 1 N–H and O–H groups in total. The highest BCUT2D eigenvalue weighted by Gasteiger charge is 2.27. The van der Waals surface area contributed by atoms with Gasteiger partial charge >= 0.3 is 5.97 Å². The smallest absolute Gasteiger partial charge is 0.305 e. The van der Waals surface area contributed by atoms with Crippen LogP contribution in [0.4, 0.5) is 0 Å². The van der Waals surface area contributed by atoms with Crippen LogP contribution in [0.2, 0.25) is 0 Å². The molecule has 0 amide bonds. The molecular formula is C15H21NO3. The molecule has 0 radical (unpaired) electrons. The van der Waals surface area contributed by atoms with Gasteiger partial charge in [0.2, 0.25) is 0 Å². The summed E-state index contributed by atoms with van der Waals surface area (Å²) in [5, 5.41) is 9.16. The summed E-state index contributed by atoms with van der Waals surface area (Å²) in [4.78, 5) is 13.4. The molecule has 2 rings (SSSR count). The minimum atomic E-state index is -0.761. The molecule has 104 valence electrons. The first-order chi connectivity index (χ1) is 9.22. The predicted octanol–water partition coefficient (Wildman–Crippen LogP) is 2.70. The quantitative estimate of drug-likeness (QED) is 0.857. The van der Waals surface area contributed by atoms with Gasteiger partial charge in [-0.15, -0.1) is 0 Å². The van der Waals surface area contributed by atoms with Gasteiger partial charge < -0.3 is 9.84 Å². The van der Waals surface area contributed by atoms with E-state index in [-0.39, 0.29) is 12.5 Å². The molecule has 1 heterocycles. The van der Waals surface area contributed by atoms with E-state index in [0.29, 0.717) is 6.61 Å². The van der Waals surface area contributed by atoms with Crippen molar-refractivity contribution in [2.24, 2.45) is 0 Å². The average Bonchev–Trinajstić information content (AvgIpc) is 2.91. The largest absolute Gasteiger partial charge is 0.494 e. The van der Waals surface area contributed by atoms with Crippen LogP contribution < -0.4 is 4.74 Å². The molecule has 1 saturated heterocycles. The average molecular weight is 263 g/mol. The fourth-order valence-corrected chi connectivity index (χ4v) is 2.70. The summed E-state index contributed by atoms with van der Waals surface area (Å²) in [6.07, 6.45) is 2.42. The number of nitrogens with zero attached hydrogens (tertiary/aromatic N) is 1. The van der Waals surface area contributed by atoms with Crippen LogP contribution in [0.15, 0.2) is 24.3 Å². The lowest BCUT2D eigenvalue weighted by molar-refractivity contribution is -0.138. The fraction of sp³-hybridized carbons (Fsp3) is 0.533. The maximum Gasteiger partial charge on any atom is 0.305 e. The molecule has 4 heteroatoms. The van der Waals surface area contributed by atoms with Gasteiger partial charge in [-0.3, -0.25) is 9.69 Å². The van der Waals surface area contributed by atoms with Crippen LogP contribution in [0.3, 0.4) is 0 Å². The number of carbonyl (C=O) groups is 1. The Hall–Kier alpha value is -1.55. The summed E-state index contributed by atoms with van der Waals surface area (Å²) < 4.78 is 5.64. The van der Waals surface area contributed by atoms with Gasteiger partial charge in [-0.2, -0.15) is 0 Å². The lowest BCUT2D eigenvalue weighted by atomic mass is 10.0. The van der Waals surface area contributed by atoms with Crippen LogP contribution in [0.1, 0.15) is 37.8 Å². The molecule has 1 fully saturated rings. The lowest BCUT2D eigenvalue weighted by Gasteiger charge is -2.28. The highest BCUT2D eigenvalue weighted by molar-refractivity contribution is 5.68. The topological polar surface area (TPSA) is 49.8 Å². The maximum absolute atomic E-state index is 11.1. The van der Waals surface area contributed by atoms with Gasteiger partial charge in [-0.1, -0.05) is 18.2 Å². The Morgan fingerprint density at radius 2 is 2.05 bits per heavy atom. The maximum atomic E-state index is 11.1. The van der Waals surface area contributed by atoms with E-state index in [2.05, 4.69) is 4.90 Å². The third-order valence-electron chi connectivity index (χ3n) is 3.53. The van der Waals surface area contributed by atoms with Crippen molar-refractivity contribution in [1.29, 1.82) is 0 Å². The Kier molecular flexibility index (Phi) is 4.80. The number of carboxylic acids is 1. The Morgan fingerprint density at radius 1 is 1.37 bits per heavy atom. The van der Waals surface area contributed by atoms with Crippen LogP contribution in [-0.4, -0.2) is 35.7 Å². The monoisotopic (exact) mass is 263 g/mol. The van der Waals surface area contributed by atoms with Gasteiger partial charge in [0.05, 0.1) is 13.0 Å². The molecule has 1 aromatic rings. The molecule has 4 nitrogen and oxygen atoms in total. The Bertz CT molecular complexity index is 427. The van der Waals surface area contributed by atoms with E-state index in [0.717, 1.165) is 37.2 Å². The van der Waals surface area contributed by atoms with Crippen molar-refractivity contribution >= 4 is 5.97 Å². The summed E-state index contributed by atoms with van der Waals surface area (Å²) in [6.45, 7) is 4.48. The molecule has 1 unspecified atom stereocenters. The minimum absolute atomic E-state index is 0.0808. The van der Waals surface area contributed by atoms with Gasteiger partial charge in [0.25, 0.3) is 0 Å². The first kappa shape index (κ1) is 13.9. The molecule has 0 saturated carbocycles. The van der Waals surface area contributed by atoms with Gasteiger partial charge in [-0.05, 0) is 38.9 Å². The molecule has 1 aliphatic heterocycles. The Balaban J connectivity index is 2.28. The van der Waals surface area contributed by atoms with E-state index < -0.39 is 5.97 Å². The SMILES string of the molecule is CCOc1ccccc1C(CC(=O)O)N1CCCC1. The molecule has 1 atom stereocenters. The number of benzene rings is 1. The third-order valence-corrected chi connectivity index (χ3v) is 3.53. The van der Waals surface area contributed by atoms with Crippen LogP contribution in [0, 0.1) is 0 Å². The molecule has 0 aromatic heterocycles. The second-order valence-electron chi connectivity index (χ2n) is 4.83. The summed E-state index contributed by atoms with van der Waals surface area (Å²) in [7, 11) is 0. The lowest BCUT2D eigenvalue weighted by Crippen LogP contribution is -2.28. The van der Waals surface area contributed by atoms with Crippen molar-refractivity contribution < 1.29 is 14.6 Å². The molecule has 0 spiro atoms. The number of hydrogen-bond acceptors (Lipinski definition) is 3. The van der Waals surface area contributed by atoms with E-state index >= 15 is 0 Å². The van der Waals surface area contributed by atoms with E-state index in [1.165, 1.54) is 0 Å². The van der Waals surface area contributed by atoms with E-state index in [1.807, 2.05) is 31.2 Å². The second kappa shape index (κ2) is 6.57. The first-order valence-corrected chi connectivity index (χ1v) is 6.90. The summed E-state index contributed by atoms with van der Waals surface area (Å²) in [6, 6.07) is 7.70. The zero-order chi connectivity index (χ0) is 13.7. The van der Waals surface area contributed by atoms with E-state index in [1.54, 1.807) is 0 Å². The van der Waals surface area contributed by atoms with Gasteiger partial charge in [0, 0.05) is 11.6 Å². The minimum Gasteiger partial charge on any atom is -0.494 e. The number of para-hydroxylation sites is 1. The van der Waals surface area contributed by atoms with Crippen molar-refractivity contribution in [2.45, 2.75) is 32.2 Å². The van der Waals surface area contributed by atoms with Crippen molar-refractivity contribution in [2.75, 3.05) is 19.7 Å². The number of hydrogen-bond donors (Lipinski definition) is 1. The predicted molar refractivity (Wildman–Crippen MR) is 73.4 cm³/mol. The van der Waals surface area contributed by atoms with Gasteiger partial charge in [-0.25, -0.2) is 0 Å². The number of ether oxygens (including phenoxy) is 1. The van der Waals surface area contributed by atoms with E-state index in [4.69, 9.17) is 9.84 Å². The summed E-state index contributed by atoms with van der Waals surface area (Å²) in [5.74, 6) is 0.0475. The normalized spacial score (nSPS) is 17.3. The first-order valence-electron chi connectivity index (χ1n) is 6.90. The summed E-state index contributed by atoms with van der Waals surface area (Å²) >= 11 is 0. The van der Waals surface area contributed by atoms with Crippen molar-refractivity contribution in [3.8, 4) is 5.75 Å². The molecule has 0 aliphatic carbocycles. The van der Waals surface area contributed by atoms with Crippen LogP contribution in [0.25, 0.3) is 0 Å². The van der Waals surface area contributed by atoms with Crippen LogP contribution >= 0.6 is 0 Å². The Morgan fingerprint density at radius 3 is 2.68 bits per heavy atom. The van der Waals surface area contributed by atoms with Crippen molar-refractivity contribution in [3.05, 3.63) is 29.8 Å². The highest BCUT2D eigenvalue weighted by atomic mass is 16.5. The number of aliphatic carboxylic acids is 1. The second-order valence-corrected chi connectivity index (χ2v) is 4.83. The molecule has 0 bridgehead atoms. The standard InChI is InChI=1S/C15H21NO3/c1-2-19-14-8-4-3-7-12(14)13(11-15(17)18)16-9-5-6-10-16/h3-4,7-8,13H,2,5-6,9-11H2,1H3,(H,17,18). The van der Waals surface area contributed by atoms with Gasteiger partial charge in [0.1, 0.15) is 5.75 Å². The number of carboxylic acid groups (broad SMARTS) is 1. The number of likely N-dealkylation sites (tertiary alicyclic amines) is 1. The fourth-order valence-electron chi connectivity index (χ4n) is 2.70. The zero-order valence-corrected chi connectivity index (χ0v) is 11.3.